The van der Waals surface area contributed by atoms with Gasteiger partial charge >= 0.3 is 0 Å². The standard InChI is InChI=1S/C10H11ClO/c11-9-6-10(12-7-9)8-4-2-1-3-5-8/h1-5,9-10H,6-7H2/t9-,10?/m0/s1. The number of alkyl halides is 1. The molecule has 0 amide bonds. The second kappa shape index (κ2) is 3.46. The maximum Gasteiger partial charge on any atom is 0.0840 e. The van der Waals surface area contributed by atoms with Gasteiger partial charge in [-0.3, -0.25) is 0 Å². The Morgan fingerprint density at radius 2 is 2.00 bits per heavy atom. The van der Waals surface area contributed by atoms with E-state index in [0.717, 1.165) is 6.42 Å². The van der Waals surface area contributed by atoms with Crippen LogP contribution in [0.25, 0.3) is 0 Å². The second-order valence-corrected chi connectivity index (χ2v) is 3.68. The van der Waals surface area contributed by atoms with Crippen LogP contribution >= 0.6 is 11.6 Å². The van der Waals surface area contributed by atoms with Gasteiger partial charge < -0.3 is 4.74 Å². The average Bonchev–Trinajstić information content (AvgIpc) is 2.54. The Bertz CT molecular complexity index is 247. The summed E-state index contributed by atoms with van der Waals surface area (Å²) in [4.78, 5) is 0. The molecule has 0 bridgehead atoms. The Hall–Kier alpha value is -0.530. The van der Waals surface area contributed by atoms with Gasteiger partial charge in [0.1, 0.15) is 0 Å². The molecule has 1 aromatic rings. The fourth-order valence-electron chi connectivity index (χ4n) is 1.49. The number of rotatable bonds is 1. The number of hydrogen-bond donors (Lipinski definition) is 0. The van der Waals surface area contributed by atoms with E-state index in [1.807, 2.05) is 18.2 Å². The summed E-state index contributed by atoms with van der Waals surface area (Å²) >= 11 is 5.93. The Morgan fingerprint density at radius 3 is 2.58 bits per heavy atom. The van der Waals surface area contributed by atoms with Gasteiger partial charge in [-0.05, 0) is 12.0 Å². The first-order chi connectivity index (χ1) is 5.86. The second-order valence-electron chi connectivity index (χ2n) is 3.07. The molecule has 1 aliphatic heterocycles. The molecule has 1 aromatic carbocycles. The summed E-state index contributed by atoms with van der Waals surface area (Å²) in [6, 6.07) is 10.2. The number of ether oxygens (including phenoxy) is 1. The zero-order valence-corrected chi connectivity index (χ0v) is 7.50. The Balaban J connectivity index is 2.11. The topological polar surface area (TPSA) is 9.23 Å². The van der Waals surface area contributed by atoms with Crippen LogP contribution in [0.5, 0.6) is 0 Å². The molecule has 1 heterocycles. The van der Waals surface area contributed by atoms with Gasteiger partial charge in [0.25, 0.3) is 0 Å². The lowest BCUT2D eigenvalue weighted by Gasteiger charge is -2.07. The monoisotopic (exact) mass is 182 g/mol. The van der Waals surface area contributed by atoms with Gasteiger partial charge in [-0.1, -0.05) is 30.3 Å². The molecule has 1 fully saturated rings. The van der Waals surface area contributed by atoms with Crippen molar-refractivity contribution in [3.8, 4) is 0 Å². The largest absolute Gasteiger partial charge is 0.372 e. The SMILES string of the molecule is Cl[C@@H]1COC(c2ccccc2)C1. The van der Waals surface area contributed by atoms with Gasteiger partial charge in [0.2, 0.25) is 0 Å². The van der Waals surface area contributed by atoms with Crippen molar-refractivity contribution in [2.24, 2.45) is 0 Å². The normalized spacial score (nSPS) is 29.1. The van der Waals surface area contributed by atoms with Crippen LogP contribution in [0.3, 0.4) is 0 Å². The van der Waals surface area contributed by atoms with Gasteiger partial charge in [0.15, 0.2) is 0 Å². The van der Waals surface area contributed by atoms with E-state index < -0.39 is 0 Å². The molecule has 0 N–H and O–H groups in total. The van der Waals surface area contributed by atoms with Crippen molar-refractivity contribution in [3.05, 3.63) is 35.9 Å². The molecule has 0 saturated carbocycles. The van der Waals surface area contributed by atoms with Crippen molar-refractivity contribution < 1.29 is 4.74 Å². The van der Waals surface area contributed by atoms with E-state index >= 15 is 0 Å². The molecule has 1 nitrogen and oxygen atoms in total. The summed E-state index contributed by atoms with van der Waals surface area (Å²) in [7, 11) is 0. The van der Waals surface area contributed by atoms with Crippen LogP contribution in [0.15, 0.2) is 30.3 Å². The zero-order chi connectivity index (χ0) is 8.39. The molecule has 1 aliphatic rings. The smallest absolute Gasteiger partial charge is 0.0840 e. The predicted molar refractivity (Wildman–Crippen MR) is 49.4 cm³/mol. The molecule has 2 atom stereocenters. The summed E-state index contributed by atoms with van der Waals surface area (Å²) in [6.07, 6.45) is 1.15. The molecule has 1 saturated heterocycles. The first kappa shape index (κ1) is 8.09. The van der Waals surface area contributed by atoms with E-state index in [4.69, 9.17) is 16.3 Å². The Morgan fingerprint density at radius 1 is 1.25 bits per heavy atom. The molecule has 0 radical (unpaired) electrons. The Labute approximate surface area is 77.3 Å². The lowest BCUT2D eigenvalue weighted by Crippen LogP contribution is -1.94. The van der Waals surface area contributed by atoms with Crippen LogP contribution in [0.4, 0.5) is 0 Å². The van der Waals surface area contributed by atoms with Crippen LogP contribution < -0.4 is 0 Å². The number of hydrogen-bond acceptors (Lipinski definition) is 1. The Kier molecular flexibility index (Phi) is 2.33. The molecule has 1 unspecified atom stereocenters. The summed E-state index contributed by atoms with van der Waals surface area (Å²) in [6.45, 7) is 0.682. The van der Waals surface area contributed by atoms with Crippen LogP contribution in [0.2, 0.25) is 0 Å². The van der Waals surface area contributed by atoms with E-state index in [9.17, 15) is 0 Å². The van der Waals surface area contributed by atoms with Crippen molar-refractivity contribution >= 4 is 11.6 Å². The highest BCUT2D eigenvalue weighted by atomic mass is 35.5. The maximum absolute atomic E-state index is 5.93. The molecular weight excluding hydrogens is 172 g/mol. The first-order valence-corrected chi connectivity index (χ1v) is 4.60. The predicted octanol–water partition coefficient (Wildman–Crippen LogP) is 2.76. The number of benzene rings is 1. The average molecular weight is 183 g/mol. The highest BCUT2D eigenvalue weighted by Crippen LogP contribution is 2.30. The zero-order valence-electron chi connectivity index (χ0n) is 6.74. The summed E-state index contributed by atoms with van der Waals surface area (Å²) in [5.74, 6) is 0. The van der Waals surface area contributed by atoms with Crippen LogP contribution in [0, 0.1) is 0 Å². The third-order valence-electron chi connectivity index (χ3n) is 2.12. The lowest BCUT2D eigenvalue weighted by atomic mass is 10.1. The van der Waals surface area contributed by atoms with Crippen LogP contribution in [0.1, 0.15) is 18.1 Å². The van der Waals surface area contributed by atoms with Crippen LogP contribution in [-0.4, -0.2) is 12.0 Å². The third kappa shape index (κ3) is 1.62. The molecule has 64 valence electrons. The van der Waals surface area contributed by atoms with Gasteiger partial charge in [-0.25, -0.2) is 0 Å². The van der Waals surface area contributed by atoms with Crippen molar-refractivity contribution in [1.29, 1.82) is 0 Å². The minimum atomic E-state index is 0.190. The lowest BCUT2D eigenvalue weighted by molar-refractivity contribution is 0.112. The van der Waals surface area contributed by atoms with Gasteiger partial charge in [-0.15, -0.1) is 11.6 Å². The highest BCUT2D eigenvalue weighted by molar-refractivity contribution is 6.20. The molecule has 12 heavy (non-hydrogen) atoms. The van der Waals surface area contributed by atoms with Gasteiger partial charge in [0.05, 0.1) is 18.1 Å². The summed E-state index contributed by atoms with van der Waals surface area (Å²) in [5, 5.41) is 0.190. The molecule has 2 heteroatoms. The molecular formula is C10H11ClO. The van der Waals surface area contributed by atoms with E-state index in [2.05, 4.69) is 12.1 Å². The molecule has 0 aliphatic carbocycles. The van der Waals surface area contributed by atoms with Crippen molar-refractivity contribution in [1.82, 2.24) is 0 Å². The fourth-order valence-corrected chi connectivity index (χ4v) is 1.72. The summed E-state index contributed by atoms with van der Waals surface area (Å²) < 4.78 is 5.52. The highest BCUT2D eigenvalue weighted by Gasteiger charge is 2.24. The minimum Gasteiger partial charge on any atom is -0.372 e. The van der Waals surface area contributed by atoms with Gasteiger partial charge in [0, 0.05) is 0 Å². The first-order valence-electron chi connectivity index (χ1n) is 4.17. The maximum atomic E-state index is 5.93. The van der Waals surface area contributed by atoms with Gasteiger partial charge in [-0.2, -0.15) is 0 Å². The minimum absolute atomic E-state index is 0.190. The number of halogens is 1. The van der Waals surface area contributed by atoms with Crippen molar-refractivity contribution in [2.45, 2.75) is 17.9 Å². The van der Waals surface area contributed by atoms with E-state index in [1.165, 1.54) is 5.56 Å². The summed E-state index contributed by atoms with van der Waals surface area (Å²) in [5.41, 5.74) is 1.24. The fraction of sp³-hybridized carbons (Fsp3) is 0.400. The molecule has 0 aromatic heterocycles. The van der Waals surface area contributed by atoms with Crippen molar-refractivity contribution in [2.75, 3.05) is 6.61 Å². The molecule has 2 rings (SSSR count). The van der Waals surface area contributed by atoms with E-state index in [-0.39, 0.29) is 11.5 Å². The van der Waals surface area contributed by atoms with E-state index in [1.54, 1.807) is 0 Å². The van der Waals surface area contributed by atoms with Crippen molar-refractivity contribution in [3.63, 3.8) is 0 Å². The van der Waals surface area contributed by atoms with Crippen LogP contribution in [-0.2, 0) is 4.74 Å². The quantitative estimate of drug-likeness (QED) is 0.607. The third-order valence-corrected chi connectivity index (χ3v) is 2.42. The van der Waals surface area contributed by atoms with E-state index in [0.29, 0.717) is 6.61 Å². The molecule has 0 spiro atoms.